The van der Waals surface area contributed by atoms with E-state index < -0.39 is 0 Å². The van der Waals surface area contributed by atoms with Crippen molar-refractivity contribution in [1.82, 2.24) is 24.6 Å². The second kappa shape index (κ2) is 5.67. The van der Waals surface area contributed by atoms with Crippen molar-refractivity contribution in [3.8, 4) is 0 Å². The average molecular weight is 293 g/mol. The van der Waals surface area contributed by atoms with Crippen LogP contribution >= 0.6 is 0 Å². The third-order valence-corrected chi connectivity index (χ3v) is 3.51. The molecule has 3 aromatic heterocycles. The topological polar surface area (TPSA) is 56.0 Å². The van der Waals surface area contributed by atoms with E-state index in [2.05, 4.69) is 40.5 Å². The van der Waals surface area contributed by atoms with Gasteiger partial charge in [0.25, 0.3) is 0 Å². The van der Waals surface area contributed by atoms with Gasteiger partial charge in [0, 0.05) is 41.7 Å². The van der Waals surface area contributed by atoms with Crippen molar-refractivity contribution in [3.63, 3.8) is 0 Å². The van der Waals surface area contributed by atoms with Crippen molar-refractivity contribution < 1.29 is 0 Å². The first kappa shape index (κ1) is 14.4. The van der Waals surface area contributed by atoms with Gasteiger partial charge < -0.3 is 0 Å². The van der Waals surface area contributed by atoms with Crippen LogP contribution in [0.3, 0.4) is 0 Å². The lowest BCUT2D eigenvalue weighted by Gasteiger charge is -2.10. The molecule has 0 unspecified atom stereocenters. The summed E-state index contributed by atoms with van der Waals surface area (Å²) in [5.41, 5.74) is 4.32. The Kier molecular flexibility index (Phi) is 3.71. The highest BCUT2D eigenvalue weighted by Crippen LogP contribution is 2.22. The molecule has 0 N–H and O–H groups in total. The van der Waals surface area contributed by atoms with Gasteiger partial charge in [-0.15, -0.1) is 0 Å². The van der Waals surface area contributed by atoms with Gasteiger partial charge in [-0.25, -0.2) is 19.5 Å². The lowest BCUT2D eigenvalue weighted by molar-refractivity contribution is 0.618. The van der Waals surface area contributed by atoms with Gasteiger partial charge >= 0.3 is 0 Å². The van der Waals surface area contributed by atoms with Crippen LogP contribution in [0.15, 0.2) is 37.3 Å². The fraction of sp³-hybridized carbons (Fsp3) is 0.294. The third-order valence-electron chi connectivity index (χ3n) is 3.51. The van der Waals surface area contributed by atoms with Gasteiger partial charge in [-0.2, -0.15) is 5.10 Å². The Morgan fingerprint density at radius 1 is 1.27 bits per heavy atom. The van der Waals surface area contributed by atoms with Crippen LogP contribution in [0.1, 0.15) is 36.6 Å². The molecule has 0 aliphatic rings. The fourth-order valence-corrected chi connectivity index (χ4v) is 2.39. The van der Waals surface area contributed by atoms with Gasteiger partial charge in [-0.1, -0.05) is 20.4 Å². The second-order valence-corrected chi connectivity index (χ2v) is 5.81. The number of rotatable bonds is 4. The normalized spacial score (nSPS) is 11.3. The van der Waals surface area contributed by atoms with Gasteiger partial charge in [0.15, 0.2) is 5.65 Å². The summed E-state index contributed by atoms with van der Waals surface area (Å²) in [7, 11) is 0. The molecule has 0 aliphatic carbocycles. The first-order valence-corrected chi connectivity index (χ1v) is 7.37. The molecule has 0 radical (unpaired) electrons. The Hall–Kier alpha value is -2.56. The van der Waals surface area contributed by atoms with Gasteiger partial charge in [-0.3, -0.25) is 0 Å². The van der Waals surface area contributed by atoms with Crippen LogP contribution in [0, 0.1) is 12.8 Å². The largest absolute Gasteiger partial charge is 0.241 e. The van der Waals surface area contributed by atoms with E-state index in [1.54, 1.807) is 10.7 Å². The summed E-state index contributed by atoms with van der Waals surface area (Å²) in [4.78, 5) is 13.6. The maximum atomic E-state index is 4.59. The second-order valence-electron chi connectivity index (χ2n) is 5.81. The zero-order valence-corrected chi connectivity index (χ0v) is 13.1. The minimum absolute atomic E-state index is 0.541. The SMILES string of the molecule is C=C(c1ccn2nccc2n1)c1cnc(CC(C)C)nc1C. The van der Waals surface area contributed by atoms with Crippen molar-refractivity contribution in [2.45, 2.75) is 27.2 Å². The number of hydrogen-bond acceptors (Lipinski definition) is 4. The molecule has 0 saturated heterocycles. The molecule has 22 heavy (non-hydrogen) atoms. The van der Waals surface area contributed by atoms with E-state index in [0.717, 1.165) is 40.4 Å². The van der Waals surface area contributed by atoms with Crippen molar-refractivity contribution in [2.24, 2.45) is 5.92 Å². The minimum atomic E-state index is 0.541. The number of nitrogens with zero attached hydrogens (tertiary/aromatic N) is 5. The number of aromatic nitrogens is 5. The first-order chi connectivity index (χ1) is 10.5. The first-order valence-electron chi connectivity index (χ1n) is 7.37. The van der Waals surface area contributed by atoms with Gasteiger partial charge in [0.05, 0.1) is 11.9 Å². The van der Waals surface area contributed by atoms with Crippen molar-refractivity contribution in [2.75, 3.05) is 0 Å². The number of hydrogen-bond donors (Lipinski definition) is 0. The molecule has 0 bridgehead atoms. The molecule has 0 spiro atoms. The van der Waals surface area contributed by atoms with Crippen molar-refractivity contribution in [1.29, 1.82) is 0 Å². The van der Waals surface area contributed by atoms with Gasteiger partial charge in [0.1, 0.15) is 5.82 Å². The molecule has 5 heteroatoms. The Bertz CT molecular complexity index is 832. The van der Waals surface area contributed by atoms with E-state index in [-0.39, 0.29) is 0 Å². The quantitative estimate of drug-likeness (QED) is 0.741. The standard InChI is InChI=1S/C17H19N5/c1-11(2)9-16-18-10-14(13(4)20-16)12(3)15-6-8-22-17(21-15)5-7-19-22/h5-8,10-11H,3,9H2,1-2,4H3. The Balaban J connectivity index is 1.94. The van der Waals surface area contributed by atoms with E-state index in [1.807, 2.05) is 31.5 Å². The van der Waals surface area contributed by atoms with Crippen LogP contribution in [0.4, 0.5) is 0 Å². The maximum Gasteiger partial charge on any atom is 0.155 e. The zero-order valence-electron chi connectivity index (χ0n) is 13.1. The highest BCUT2D eigenvalue weighted by molar-refractivity contribution is 5.77. The summed E-state index contributed by atoms with van der Waals surface area (Å²) in [6.07, 6.45) is 6.34. The monoisotopic (exact) mass is 293 g/mol. The molecule has 0 saturated carbocycles. The van der Waals surface area contributed by atoms with Crippen LogP contribution in [0.25, 0.3) is 11.2 Å². The van der Waals surface area contributed by atoms with E-state index in [9.17, 15) is 0 Å². The molecular weight excluding hydrogens is 274 g/mol. The summed E-state index contributed by atoms with van der Waals surface area (Å²) < 4.78 is 1.73. The predicted molar refractivity (Wildman–Crippen MR) is 86.4 cm³/mol. The molecule has 0 aliphatic heterocycles. The molecule has 0 atom stereocenters. The summed E-state index contributed by atoms with van der Waals surface area (Å²) in [5, 5.41) is 4.15. The average Bonchev–Trinajstić information content (AvgIpc) is 2.93. The van der Waals surface area contributed by atoms with Crippen molar-refractivity contribution in [3.05, 3.63) is 60.1 Å². The minimum Gasteiger partial charge on any atom is -0.241 e. The molecule has 0 fully saturated rings. The van der Waals surface area contributed by atoms with Crippen LogP contribution in [-0.4, -0.2) is 24.6 Å². The molecular formula is C17H19N5. The highest BCUT2D eigenvalue weighted by atomic mass is 15.2. The predicted octanol–water partition coefficient (Wildman–Crippen LogP) is 3.09. The highest BCUT2D eigenvalue weighted by Gasteiger charge is 2.11. The van der Waals surface area contributed by atoms with E-state index in [0.29, 0.717) is 5.92 Å². The van der Waals surface area contributed by atoms with Crippen LogP contribution in [0.5, 0.6) is 0 Å². The summed E-state index contributed by atoms with van der Waals surface area (Å²) in [5.74, 6) is 1.42. The zero-order chi connectivity index (χ0) is 15.7. The number of aryl methyl sites for hydroxylation is 1. The molecule has 0 aromatic carbocycles. The number of fused-ring (bicyclic) bond motifs is 1. The maximum absolute atomic E-state index is 4.59. The Morgan fingerprint density at radius 2 is 2.09 bits per heavy atom. The smallest absolute Gasteiger partial charge is 0.155 e. The summed E-state index contributed by atoms with van der Waals surface area (Å²) in [6.45, 7) is 10.5. The lowest BCUT2D eigenvalue weighted by atomic mass is 10.0. The molecule has 0 amide bonds. The fourth-order valence-electron chi connectivity index (χ4n) is 2.39. The van der Waals surface area contributed by atoms with Crippen LogP contribution < -0.4 is 0 Å². The molecule has 3 rings (SSSR count). The van der Waals surface area contributed by atoms with E-state index in [4.69, 9.17) is 0 Å². The molecule has 5 nitrogen and oxygen atoms in total. The summed E-state index contributed by atoms with van der Waals surface area (Å²) >= 11 is 0. The third kappa shape index (κ3) is 2.74. The molecule has 3 heterocycles. The summed E-state index contributed by atoms with van der Waals surface area (Å²) in [6, 6.07) is 3.77. The van der Waals surface area contributed by atoms with E-state index >= 15 is 0 Å². The van der Waals surface area contributed by atoms with Crippen LogP contribution in [0.2, 0.25) is 0 Å². The van der Waals surface area contributed by atoms with E-state index in [1.165, 1.54) is 0 Å². The van der Waals surface area contributed by atoms with Crippen molar-refractivity contribution >= 4 is 11.2 Å². The Labute approximate surface area is 129 Å². The van der Waals surface area contributed by atoms with Crippen LogP contribution in [-0.2, 0) is 6.42 Å². The van der Waals surface area contributed by atoms with Gasteiger partial charge in [-0.05, 0) is 18.9 Å². The molecule has 112 valence electrons. The molecule has 3 aromatic rings. The Morgan fingerprint density at radius 3 is 2.82 bits per heavy atom. The lowest BCUT2D eigenvalue weighted by Crippen LogP contribution is -2.05. The van der Waals surface area contributed by atoms with Gasteiger partial charge in [0.2, 0.25) is 0 Å².